The van der Waals surface area contributed by atoms with Crippen molar-refractivity contribution < 1.29 is 0 Å². The van der Waals surface area contributed by atoms with E-state index in [-0.39, 0.29) is 6.04 Å². The lowest BCUT2D eigenvalue weighted by atomic mass is 9.99. The van der Waals surface area contributed by atoms with Crippen LogP contribution in [-0.2, 0) is 6.42 Å². The maximum Gasteiger partial charge on any atom is 0.0369 e. The second kappa shape index (κ2) is 6.59. The Bertz CT molecular complexity index is 432. The molecule has 2 rings (SSSR count). The molecule has 0 amide bonds. The molecule has 1 fully saturated rings. The van der Waals surface area contributed by atoms with Crippen LogP contribution in [0.5, 0.6) is 0 Å². The third-order valence-electron chi connectivity index (χ3n) is 4.43. The van der Waals surface area contributed by atoms with E-state index in [1.54, 1.807) is 0 Å². The van der Waals surface area contributed by atoms with Crippen LogP contribution < -0.4 is 10.6 Å². The zero-order valence-corrected chi connectivity index (χ0v) is 13.4. The largest absolute Gasteiger partial charge is 0.371 e. The molecule has 0 radical (unpaired) electrons. The Balaban J connectivity index is 2.02. The van der Waals surface area contributed by atoms with Crippen LogP contribution in [0.4, 0.5) is 5.69 Å². The van der Waals surface area contributed by atoms with Gasteiger partial charge < -0.3 is 15.5 Å². The predicted molar refractivity (Wildman–Crippen MR) is 87.5 cm³/mol. The van der Waals surface area contributed by atoms with Crippen molar-refractivity contribution in [2.45, 2.75) is 45.2 Å². The van der Waals surface area contributed by atoms with E-state index < -0.39 is 0 Å². The molecule has 2 N–H and O–H groups in total. The van der Waals surface area contributed by atoms with Gasteiger partial charge in [0.25, 0.3) is 0 Å². The first-order valence-electron chi connectivity index (χ1n) is 7.74. The van der Waals surface area contributed by atoms with Crippen LogP contribution in [0, 0.1) is 6.92 Å². The molecule has 20 heavy (non-hydrogen) atoms. The van der Waals surface area contributed by atoms with Crippen molar-refractivity contribution >= 4 is 5.69 Å². The number of anilines is 1. The SMILES string of the molecule is Cc1cc(N2CCC(N(C)C)CC2)ccc1CC(C)N. The highest BCUT2D eigenvalue weighted by molar-refractivity contribution is 5.51. The highest BCUT2D eigenvalue weighted by Crippen LogP contribution is 2.24. The average molecular weight is 275 g/mol. The standard InChI is InChI=1S/C17H29N3/c1-13-11-17(6-5-15(13)12-14(2)18)20-9-7-16(8-10-20)19(3)4/h5-6,11,14,16H,7-10,12,18H2,1-4H3. The number of piperidine rings is 1. The molecule has 1 unspecified atom stereocenters. The van der Waals surface area contributed by atoms with Gasteiger partial charge in [-0.05, 0) is 70.5 Å². The molecule has 1 aromatic rings. The van der Waals surface area contributed by atoms with Crippen molar-refractivity contribution in [3.05, 3.63) is 29.3 Å². The van der Waals surface area contributed by atoms with Gasteiger partial charge in [0, 0.05) is 30.9 Å². The van der Waals surface area contributed by atoms with E-state index >= 15 is 0 Å². The van der Waals surface area contributed by atoms with Crippen molar-refractivity contribution in [3.8, 4) is 0 Å². The Morgan fingerprint density at radius 2 is 1.95 bits per heavy atom. The number of nitrogens with two attached hydrogens (primary N) is 1. The van der Waals surface area contributed by atoms with E-state index in [0.717, 1.165) is 25.6 Å². The lowest BCUT2D eigenvalue weighted by molar-refractivity contribution is 0.249. The van der Waals surface area contributed by atoms with Gasteiger partial charge in [0.1, 0.15) is 0 Å². The van der Waals surface area contributed by atoms with E-state index in [1.807, 2.05) is 0 Å². The summed E-state index contributed by atoms with van der Waals surface area (Å²) in [5, 5.41) is 0. The minimum absolute atomic E-state index is 0.232. The van der Waals surface area contributed by atoms with Crippen LogP contribution in [0.15, 0.2) is 18.2 Å². The van der Waals surface area contributed by atoms with Gasteiger partial charge in [0.2, 0.25) is 0 Å². The molecule has 1 saturated heterocycles. The van der Waals surface area contributed by atoms with Crippen LogP contribution >= 0.6 is 0 Å². The molecule has 1 aromatic carbocycles. The Hall–Kier alpha value is -1.06. The predicted octanol–water partition coefficient (Wildman–Crippen LogP) is 2.42. The average Bonchev–Trinajstić information content (AvgIpc) is 2.41. The minimum atomic E-state index is 0.232. The monoisotopic (exact) mass is 275 g/mol. The maximum atomic E-state index is 5.90. The molecular weight excluding hydrogens is 246 g/mol. The van der Waals surface area contributed by atoms with Crippen LogP contribution in [0.1, 0.15) is 30.9 Å². The molecule has 112 valence electrons. The fraction of sp³-hybridized carbons (Fsp3) is 0.647. The summed E-state index contributed by atoms with van der Waals surface area (Å²) in [6.45, 7) is 6.59. The number of rotatable bonds is 4. The zero-order chi connectivity index (χ0) is 14.7. The van der Waals surface area contributed by atoms with Gasteiger partial charge in [-0.3, -0.25) is 0 Å². The molecule has 3 nitrogen and oxygen atoms in total. The number of benzene rings is 1. The lowest BCUT2D eigenvalue weighted by Gasteiger charge is -2.36. The van der Waals surface area contributed by atoms with Crippen molar-refractivity contribution in [2.75, 3.05) is 32.1 Å². The normalized spacial score (nSPS) is 18.6. The van der Waals surface area contributed by atoms with E-state index in [4.69, 9.17) is 5.73 Å². The lowest BCUT2D eigenvalue weighted by Crippen LogP contribution is -2.42. The van der Waals surface area contributed by atoms with Crippen molar-refractivity contribution in [2.24, 2.45) is 5.73 Å². The molecule has 1 aliphatic rings. The number of hydrogen-bond donors (Lipinski definition) is 1. The van der Waals surface area contributed by atoms with Crippen LogP contribution in [0.25, 0.3) is 0 Å². The summed E-state index contributed by atoms with van der Waals surface area (Å²) in [6, 6.07) is 7.82. The van der Waals surface area contributed by atoms with Gasteiger partial charge in [-0.15, -0.1) is 0 Å². The number of hydrogen-bond acceptors (Lipinski definition) is 3. The van der Waals surface area contributed by atoms with Crippen LogP contribution in [0.2, 0.25) is 0 Å². The summed E-state index contributed by atoms with van der Waals surface area (Å²) in [7, 11) is 4.38. The Labute approximate surface area is 123 Å². The first kappa shape index (κ1) is 15.3. The van der Waals surface area contributed by atoms with E-state index in [9.17, 15) is 0 Å². The topological polar surface area (TPSA) is 32.5 Å². The molecule has 0 bridgehead atoms. The van der Waals surface area contributed by atoms with Gasteiger partial charge >= 0.3 is 0 Å². The number of aryl methyl sites for hydroxylation is 1. The molecule has 1 aliphatic heterocycles. The molecule has 0 saturated carbocycles. The highest BCUT2D eigenvalue weighted by Gasteiger charge is 2.20. The second-order valence-corrected chi connectivity index (χ2v) is 6.47. The molecule has 0 aromatic heterocycles. The Morgan fingerprint density at radius 3 is 2.45 bits per heavy atom. The smallest absolute Gasteiger partial charge is 0.0369 e. The summed E-state index contributed by atoms with van der Waals surface area (Å²) in [6.07, 6.45) is 3.48. The third kappa shape index (κ3) is 3.74. The van der Waals surface area contributed by atoms with Crippen molar-refractivity contribution in [1.29, 1.82) is 0 Å². The quantitative estimate of drug-likeness (QED) is 0.916. The first-order valence-corrected chi connectivity index (χ1v) is 7.74. The van der Waals surface area contributed by atoms with Gasteiger partial charge in [0.15, 0.2) is 0 Å². The summed E-state index contributed by atoms with van der Waals surface area (Å²) in [5.41, 5.74) is 10.0. The summed E-state index contributed by atoms with van der Waals surface area (Å²) in [5.74, 6) is 0. The summed E-state index contributed by atoms with van der Waals surface area (Å²) in [4.78, 5) is 4.87. The molecule has 0 aliphatic carbocycles. The van der Waals surface area contributed by atoms with Gasteiger partial charge in [-0.2, -0.15) is 0 Å². The molecule has 1 heterocycles. The zero-order valence-electron chi connectivity index (χ0n) is 13.4. The van der Waals surface area contributed by atoms with Crippen LogP contribution in [-0.4, -0.2) is 44.2 Å². The minimum Gasteiger partial charge on any atom is -0.371 e. The highest BCUT2D eigenvalue weighted by atomic mass is 15.2. The second-order valence-electron chi connectivity index (χ2n) is 6.47. The van der Waals surface area contributed by atoms with Crippen molar-refractivity contribution in [1.82, 2.24) is 4.90 Å². The van der Waals surface area contributed by atoms with Gasteiger partial charge in [0.05, 0.1) is 0 Å². The van der Waals surface area contributed by atoms with Gasteiger partial charge in [-0.1, -0.05) is 6.07 Å². The van der Waals surface area contributed by atoms with Crippen LogP contribution in [0.3, 0.4) is 0 Å². The Kier molecular flexibility index (Phi) is 5.06. The first-order chi connectivity index (χ1) is 9.47. The van der Waals surface area contributed by atoms with E-state index in [2.05, 4.69) is 55.9 Å². The molecule has 1 atom stereocenters. The number of nitrogens with zero attached hydrogens (tertiary/aromatic N) is 2. The van der Waals surface area contributed by atoms with Crippen molar-refractivity contribution in [3.63, 3.8) is 0 Å². The fourth-order valence-corrected chi connectivity index (χ4v) is 3.09. The molecule has 0 spiro atoms. The van der Waals surface area contributed by atoms with E-state index in [1.165, 1.54) is 29.7 Å². The third-order valence-corrected chi connectivity index (χ3v) is 4.43. The Morgan fingerprint density at radius 1 is 1.30 bits per heavy atom. The van der Waals surface area contributed by atoms with E-state index in [0.29, 0.717) is 0 Å². The summed E-state index contributed by atoms with van der Waals surface area (Å²) < 4.78 is 0. The molecular formula is C17H29N3. The van der Waals surface area contributed by atoms with Gasteiger partial charge in [-0.25, -0.2) is 0 Å². The summed E-state index contributed by atoms with van der Waals surface area (Å²) >= 11 is 0. The molecule has 3 heteroatoms. The maximum absolute atomic E-state index is 5.90. The fourth-order valence-electron chi connectivity index (χ4n) is 3.09.